The van der Waals surface area contributed by atoms with Gasteiger partial charge in [-0.1, -0.05) is 30.7 Å². The molecule has 2 rings (SSSR count). The van der Waals surface area contributed by atoms with Gasteiger partial charge in [0.15, 0.2) is 0 Å². The maximum absolute atomic E-state index is 6.25. The Labute approximate surface area is 124 Å². The fraction of sp³-hybridized carbons (Fsp3) is 0.312. The second-order valence-corrected chi connectivity index (χ2v) is 5.02. The summed E-state index contributed by atoms with van der Waals surface area (Å²) in [6.07, 6.45) is 3.51. The summed E-state index contributed by atoms with van der Waals surface area (Å²) in [7, 11) is 1.66. The van der Waals surface area contributed by atoms with Gasteiger partial charge in [-0.3, -0.25) is 4.98 Å². The highest BCUT2D eigenvalue weighted by Gasteiger charge is 2.18. The second kappa shape index (κ2) is 6.73. The van der Waals surface area contributed by atoms with E-state index in [9.17, 15) is 0 Å². The standard InChI is InChI=1S/C16H19ClN2O/c1-4-19-16(12-6-5-11(2)14(17)9-12)13-7-8-18-10-15(13)20-3/h5-10,16,19H,4H2,1-3H3. The summed E-state index contributed by atoms with van der Waals surface area (Å²) in [6.45, 7) is 4.93. The molecule has 0 spiro atoms. The van der Waals surface area contributed by atoms with Crippen molar-refractivity contribution in [3.63, 3.8) is 0 Å². The maximum Gasteiger partial charge on any atom is 0.142 e. The first kappa shape index (κ1) is 14.8. The first-order valence-electron chi connectivity index (χ1n) is 6.64. The molecule has 1 heterocycles. The number of nitrogens with one attached hydrogen (secondary N) is 1. The van der Waals surface area contributed by atoms with Gasteiger partial charge in [-0.2, -0.15) is 0 Å². The fourth-order valence-electron chi connectivity index (χ4n) is 2.20. The number of ether oxygens (including phenoxy) is 1. The van der Waals surface area contributed by atoms with Crippen molar-refractivity contribution in [2.75, 3.05) is 13.7 Å². The van der Waals surface area contributed by atoms with Crippen molar-refractivity contribution in [2.24, 2.45) is 0 Å². The van der Waals surface area contributed by atoms with E-state index in [1.54, 1.807) is 19.5 Å². The van der Waals surface area contributed by atoms with Crippen LogP contribution in [0.4, 0.5) is 0 Å². The molecule has 4 heteroatoms. The van der Waals surface area contributed by atoms with Gasteiger partial charge in [-0.25, -0.2) is 0 Å². The molecule has 0 aliphatic carbocycles. The molecule has 20 heavy (non-hydrogen) atoms. The minimum absolute atomic E-state index is 0.0380. The molecule has 3 nitrogen and oxygen atoms in total. The lowest BCUT2D eigenvalue weighted by Crippen LogP contribution is -2.22. The van der Waals surface area contributed by atoms with Crippen LogP contribution in [0.15, 0.2) is 36.7 Å². The van der Waals surface area contributed by atoms with E-state index in [2.05, 4.69) is 23.3 Å². The lowest BCUT2D eigenvalue weighted by Gasteiger charge is -2.21. The number of aromatic nitrogens is 1. The Balaban J connectivity index is 2.47. The summed E-state index contributed by atoms with van der Waals surface area (Å²) in [4.78, 5) is 4.11. The average Bonchev–Trinajstić information content (AvgIpc) is 2.48. The van der Waals surface area contributed by atoms with Crippen LogP contribution < -0.4 is 10.1 Å². The average molecular weight is 291 g/mol. The first-order valence-corrected chi connectivity index (χ1v) is 7.02. The molecular weight excluding hydrogens is 272 g/mol. The smallest absolute Gasteiger partial charge is 0.142 e. The van der Waals surface area contributed by atoms with Crippen LogP contribution in [0.25, 0.3) is 0 Å². The van der Waals surface area contributed by atoms with Crippen molar-refractivity contribution in [2.45, 2.75) is 19.9 Å². The Morgan fingerprint density at radius 3 is 2.80 bits per heavy atom. The van der Waals surface area contributed by atoms with Gasteiger partial charge in [0.2, 0.25) is 0 Å². The largest absolute Gasteiger partial charge is 0.495 e. The van der Waals surface area contributed by atoms with Crippen molar-refractivity contribution < 1.29 is 4.74 Å². The number of halogens is 1. The molecule has 1 aromatic heterocycles. The molecule has 0 bridgehead atoms. The summed E-state index contributed by atoms with van der Waals surface area (Å²) < 4.78 is 5.41. The Bertz CT molecular complexity index is 586. The lowest BCUT2D eigenvalue weighted by atomic mass is 9.98. The summed E-state index contributed by atoms with van der Waals surface area (Å²) in [5.41, 5.74) is 3.25. The van der Waals surface area contributed by atoms with Crippen molar-refractivity contribution in [3.05, 3.63) is 58.4 Å². The molecule has 0 amide bonds. The Morgan fingerprint density at radius 2 is 2.15 bits per heavy atom. The molecular formula is C16H19ClN2O. The number of rotatable bonds is 5. The van der Waals surface area contributed by atoms with E-state index in [0.717, 1.165) is 34.0 Å². The van der Waals surface area contributed by atoms with Gasteiger partial charge in [-0.05, 0) is 36.7 Å². The zero-order valence-corrected chi connectivity index (χ0v) is 12.7. The minimum atomic E-state index is 0.0380. The summed E-state index contributed by atoms with van der Waals surface area (Å²) in [5, 5.41) is 4.25. The first-order chi connectivity index (χ1) is 9.67. The van der Waals surface area contributed by atoms with Crippen LogP contribution in [0.2, 0.25) is 5.02 Å². The van der Waals surface area contributed by atoms with Gasteiger partial charge < -0.3 is 10.1 Å². The Morgan fingerprint density at radius 1 is 1.35 bits per heavy atom. The van der Waals surface area contributed by atoms with Gasteiger partial charge in [0.05, 0.1) is 19.3 Å². The second-order valence-electron chi connectivity index (χ2n) is 4.62. The third kappa shape index (κ3) is 3.11. The van der Waals surface area contributed by atoms with Gasteiger partial charge in [0.1, 0.15) is 5.75 Å². The van der Waals surface area contributed by atoms with Crippen LogP contribution in [-0.2, 0) is 0 Å². The molecule has 2 aromatic rings. The van der Waals surface area contributed by atoms with Crippen molar-refractivity contribution in [1.82, 2.24) is 10.3 Å². The van der Waals surface area contributed by atoms with Gasteiger partial charge in [-0.15, -0.1) is 0 Å². The van der Waals surface area contributed by atoms with E-state index in [1.807, 2.05) is 25.1 Å². The van der Waals surface area contributed by atoms with Crippen molar-refractivity contribution in [3.8, 4) is 5.75 Å². The zero-order valence-electron chi connectivity index (χ0n) is 12.0. The minimum Gasteiger partial charge on any atom is -0.495 e. The maximum atomic E-state index is 6.25. The third-order valence-corrected chi connectivity index (χ3v) is 3.69. The van der Waals surface area contributed by atoms with Crippen LogP contribution in [0.1, 0.15) is 29.7 Å². The molecule has 1 N–H and O–H groups in total. The van der Waals surface area contributed by atoms with Crippen LogP contribution in [0.5, 0.6) is 5.75 Å². The predicted molar refractivity (Wildman–Crippen MR) is 82.5 cm³/mol. The van der Waals surface area contributed by atoms with Crippen LogP contribution >= 0.6 is 11.6 Å². The van der Waals surface area contributed by atoms with E-state index in [1.165, 1.54) is 0 Å². The predicted octanol–water partition coefficient (Wildman–Crippen LogP) is 3.75. The van der Waals surface area contributed by atoms with Gasteiger partial charge in [0.25, 0.3) is 0 Å². The van der Waals surface area contributed by atoms with E-state index in [-0.39, 0.29) is 6.04 Å². The molecule has 1 unspecified atom stereocenters. The van der Waals surface area contributed by atoms with Gasteiger partial charge >= 0.3 is 0 Å². The number of nitrogens with zero attached hydrogens (tertiary/aromatic N) is 1. The number of hydrogen-bond acceptors (Lipinski definition) is 3. The normalized spacial score (nSPS) is 12.2. The highest BCUT2D eigenvalue weighted by Crippen LogP contribution is 2.31. The van der Waals surface area contributed by atoms with Crippen LogP contribution in [0.3, 0.4) is 0 Å². The Kier molecular flexibility index (Phi) is 4.99. The molecule has 106 valence electrons. The quantitative estimate of drug-likeness (QED) is 0.910. The van der Waals surface area contributed by atoms with E-state index < -0.39 is 0 Å². The van der Waals surface area contributed by atoms with Crippen molar-refractivity contribution in [1.29, 1.82) is 0 Å². The number of pyridine rings is 1. The molecule has 0 saturated carbocycles. The highest BCUT2D eigenvalue weighted by atomic mass is 35.5. The highest BCUT2D eigenvalue weighted by molar-refractivity contribution is 6.31. The number of hydrogen-bond donors (Lipinski definition) is 1. The monoisotopic (exact) mass is 290 g/mol. The molecule has 0 radical (unpaired) electrons. The van der Waals surface area contributed by atoms with Crippen LogP contribution in [-0.4, -0.2) is 18.6 Å². The van der Waals surface area contributed by atoms with E-state index in [0.29, 0.717) is 0 Å². The topological polar surface area (TPSA) is 34.2 Å². The number of methoxy groups -OCH3 is 1. The van der Waals surface area contributed by atoms with Crippen LogP contribution in [0, 0.1) is 6.92 Å². The number of benzene rings is 1. The van der Waals surface area contributed by atoms with Gasteiger partial charge in [0, 0.05) is 16.8 Å². The SMILES string of the molecule is CCNC(c1ccc(C)c(Cl)c1)c1ccncc1OC. The third-order valence-electron chi connectivity index (χ3n) is 3.28. The molecule has 1 atom stereocenters. The summed E-state index contributed by atoms with van der Waals surface area (Å²) >= 11 is 6.25. The molecule has 0 fully saturated rings. The fourth-order valence-corrected chi connectivity index (χ4v) is 2.39. The zero-order chi connectivity index (χ0) is 14.5. The molecule has 0 aliphatic rings. The lowest BCUT2D eigenvalue weighted by molar-refractivity contribution is 0.402. The van der Waals surface area contributed by atoms with E-state index in [4.69, 9.17) is 16.3 Å². The van der Waals surface area contributed by atoms with E-state index >= 15 is 0 Å². The van der Waals surface area contributed by atoms with Crippen molar-refractivity contribution >= 4 is 11.6 Å². The number of aryl methyl sites for hydroxylation is 1. The molecule has 0 aliphatic heterocycles. The summed E-state index contributed by atoms with van der Waals surface area (Å²) in [5.74, 6) is 0.773. The summed E-state index contributed by atoms with van der Waals surface area (Å²) in [6, 6.07) is 8.14. The molecule has 0 saturated heterocycles. The Hall–Kier alpha value is -1.58. The molecule has 1 aromatic carbocycles.